The summed E-state index contributed by atoms with van der Waals surface area (Å²) in [5.41, 5.74) is 0.702. The number of hydrogen-bond donors (Lipinski definition) is 0. The fraction of sp³-hybridized carbons (Fsp3) is 0.235. The molecule has 7 heteroatoms. The summed E-state index contributed by atoms with van der Waals surface area (Å²) < 4.78 is 39.4. The molecule has 2 rings (SSSR count). The van der Waals surface area contributed by atoms with Crippen LogP contribution in [0.15, 0.2) is 53.4 Å². The Morgan fingerprint density at radius 3 is 2.08 bits per heavy atom. The van der Waals surface area contributed by atoms with Crippen molar-refractivity contribution in [2.24, 2.45) is 0 Å². The van der Waals surface area contributed by atoms with Crippen molar-refractivity contribution < 1.29 is 26.9 Å². The molecule has 0 aliphatic rings. The van der Waals surface area contributed by atoms with Gasteiger partial charge in [-0.05, 0) is 48.9 Å². The van der Waals surface area contributed by atoms with Gasteiger partial charge in [0.1, 0.15) is 16.4 Å². The number of ether oxygens (including phenoxy) is 2. The second-order valence-electron chi connectivity index (χ2n) is 4.84. The Balaban J connectivity index is 2.09. The van der Waals surface area contributed by atoms with Crippen LogP contribution < -0.4 is 8.92 Å². The van der Waals surface area contributed by atoms with E-state index in [9.17, 15) is 13.2 Å². The molecule has 0 fully saturated rings. The first-order valence-electron chi connectivity index (χ1n) is 7.27. The van der Waals surface area contributed by atoms with Crippen LogP contribution in [0, 0.1) is 0 Å². The highest BCUT2D eigenvalue weighted by Crippen LogP contribution is 2.21. The van der Waals surface area contributed by atoms with Crippen molar-refractivity contribution in [3.8, 4) is 11.5 Å². The maximum Gasteiger partial charge on any atom is 0.339 e. The van der Waals surface area contributed by atoms with E-state index in [1.165, 1.54) is 31.4 Å². The molecule has 0 unspecified atom stereocenters. The van der Waals surface area contributed by atoms with Gasteiger partial charge in [0.2, 0.25) is 0 Å². The van der Waals surface area contributed by atoms with E-state index >= 15 is 0 Å². The van der Waals surface area contributed by atoms with Crippen LogP contribution in [0.3, 0.4) is 0 Å². The average molecular weight is 350 g/mol. The predicted molar refractivity (Wildman–Crippen MR) is 87.6 cm³/mol. The molecule has 0 aromatic heterocycles. The Morgan fingerprint density at radius 2 is 1.54 bits per heavy atom. The molecule has 0 bridgehead atoms. The molecule has 128 valence electrons. The number of esters is 1. The second kappa shape index (κ2) is 7.83. The van der Waals surface area contributed by atoms with Crippen LogP contribution in [0.5, 0.6) is 11.5 Å². The molecule has 0 heterocycles. The maximum absolute atomic E-state index is 12.2. The minimum Gasteiger partial charge on any atom is -0.494 e. The lowest BCUT2D eigenvalue weighted by molar-refractivity contribution is -0.139. The van der Waals surface area contributed by atoms with Gasteiger partial charge in [0.15, 0.2) is 0 Å². The molecule has 24 heavy (non-hydrogen) atoms. The quantitative estimate of drug-likeness (QED) is 0.564. The zero-order valence-electron chi connectivity index (χ0n) is 13.4. The van der Waals surface area contributed by atoms with E-state index in [1.54, 1.807) is 24.3 Å². The highest BCUT2D eigenvalue weighted by molar-refractivity contribution is 7.87. The summed E-state index contributed by atoms with van der Waals surface area (Å²) in [6.45, 7) is 2.35. The zero-order valence-corrected chi connectivity index (χ0v) is 14.2. The lowest BCUT2D eigenvalue weighted by atomic mass is 10.1. The normalized spacial score (nSPS) is 10.9. The van der Waals surface area contributed by atoms with E-state index in [4.69, 9.17) is 8.92 Å². The lowest BCUT2D eigenvalue weighted by Gasteiger charge is -2.09. The van der Waals surface area contributed by atoms with Crippen LogP contribution in [-0.2, 0) is 26.1 Å². The summed E-state index contributed by atoms with van der Waals surface area (Å²) >= 11 is 0. The summed E-state index contributed by atoms with van der Waals surface area (Å²) in [5.74, 6) is 0.381. The van der Waals surface area contributed by atoms with Gasteiger partial charge in [0, 0.05) is 0 Å². The van der Waals surface area contributed by atoms with Gasteiger partial charge in [-0.3, -0.25) is 4.79 Å². The van der Waals surface area contributed by atoms with Crippen molar-refractivity contribution in [1.29, 1.82) is 0 Å². The van der Waals surface area contributed by atoms with Crippen LogP contribution in [0.4, 0.5) is 0 Å². The second-order valence-corrected chi connectivity index (χ2v) is 6.39. The summed E-state index contributed by atoms with van der Waals surface area (Å²) in [4.78, 5) is 11.2. The molecule has 0 atom stereocenters. The molecular weight excluding hydrogens is 332 g/mol. The Labute approximate surface area is 141 Å². The van der Waals surface area contributed by atoms with Crippen molar-refractivity contribution in [3.63, 3.8) is 0 Å². The van der Waals surface area contributed by atoms with Gasteiger partial charge in [-0.1, -0.05) is 12.1 Å². The Hall–Kier alpha value is -2.54. The van der Waals surface area contributed by atoms with Gasteiger partial charge in [-0.25, -0.2) is 0 Å². The van der Waals surface area contributed by atoms with E-state index < -0.39 is 10.1 Å². The predicted octanol–water partition coefficient (Wildman–Crippen LogP) is 2.57. The highest BCUT2D eigenvalue weighted by atomic mass is 32.2. The fourth-order valence-corrected chi connectivity index (χ4v) is 2.88. The number of methoxy groups -OCH3 is 1. The Morgan fingerprint density at radius 1 is 0.958 bits per heavy atom. The third kappa shape index (κ3) is 4.73. The van der Waals surface area contributed by atoms with Crippen LogP contribution in [-0.4, -0.2) is 28.1 Å². The first kappa shape index (κ1) is 17.8. The molecule has 0 spiro atoms. The number of benzene rings is 2. The van der Waals surface area contributed by atoms with Crippen LogP contribution in [0.2, 0.25) is 0 Å². The largest absolute Gasteiger partial charge is 0.494 e. The van der Waals surface area contributed by atoms with Gasteiger partial charge >= 0.3 is 16.1 Å². The molecule has 0 N–H and O–H groups in total. The first-order chi connectivity index (χ1) is 11.4. The highest BCUT2D eigenvalue weighted by Gasteiger charge is 2.16. The first-order valence-corrected chi connectivity index (χ1v) is 8.68. The van der Waals surface area contributed by atoms with E-state index in [2.05, 4.69) is 4.74 Å². The topological polar surface area (TPSA) is 78.9 Å². The van der Waals surface area contributed by atoms with Gasteiger partial charge in [-0.15, -0.1) is 0 Å². The monoisotopic (exact) mass is 350 g/mol. The lowest BCUT2D eigenvalue weighted by Crippen LogP contribution is -2.10. The summed E-state index contributed by atoms with van der Waals surface area (Å²) in [6, 6.07) is 12.2. The van der Waals surface area contributed by atoms with Crippen LogP contribution in [0.25, 0.3) is 0 Å². The maximum atomic E-state index is 12.2. The summed E-state index contributed by atoms with van der Waals surface area (Å²) in [5, 5.41) is 0. The number of rotatable bonds is 7. The van der Waals surface area contributed by atoms with Crippen molar-refractivity contribution in [2.45, 2.75) is 18.2 Å². The van der Waals surface area contributed by atoms with Crippen molar-refractivity contribution in [1.82, 2.24) is 0 Å². The molecule has 0 amide bonds. The number of carbonyl (C=O) groups excluding carboxylic acids is 1. The molecule has 0 aliphatic carbocycles. The van der Waals surface area contributed by atoms with Crippen LogP contribution in [0.1, 0.15) is 12.5 Å². The molecule has 2 aromatic carbocycles. The molecule has 0 saturated heterocycles. The fourth-order valence-electron chi connectivity index (χ4n) is 1.95. The summed E-state index contributed by atoms with van der Waals surface area (Å²) in [6.07, 6.45) is 0.114. The Bertz CT molecular complexity index is 779. The SMILES string of the molecule is CCOc1ccc(S(=O)(=O)Oc2ccc(CC(=O)OC)cc2)cc1. The Kier molecular flexibility index (Phi) is 5.81. The van der Waals surface area contributed by atoms with Crippen molar-refractivity contribution in [3.05, 3.63) is 54.1 Å². The van der Waals surface area contributed by atoms with Crippen molar-refractivity contribution in [2.75, 3.05) is 13.7 Å². The third-order valence-electron chi connectivity index (χ3n) is 3.13. The van der Waals surface area contributed by atoms with Gasteiger partial charge in [-0.2, -0.15) is 8.42 Å². The van der Waals surface area contributed by atoms with E-state index in [0.717, 1.165) is 0 Å². The van der Waals surface area contributed by atoms with Gasteiger partial charge < -0.3 is 13.7 Å². The summed E-state index contributed by atoms with van der Waals surface area (Å²) in [7, 11) is -2.62. The standard InChI is InChI=1S/C17H18O6S/c1-3-22-14-8-10-16(11-9-14)24(19,20)23-15-6-4-13(5-7-15)12-17(18)21-2/h4-11H,3,12H2,1-2H3. The molecule has 6 nitrogen and oxygen atoms in total. The molecule has 0 radical (unpaired) electrons. The average Bonchev–Trinajstić information content (AvgIpc) is 2.57. The van der Waals surface area contributed by atoms with E-state index in [1.807, 2.05) is 6.92 Å². The van der Waals surface area contributed by atoms with E-state index in [0.29, 0.717) is 17.9 Å². The van der Waals surface area contributed by atoms with E-state index in [-0.39, 0.29) is 23.0 Å². The van der Waals surface area contributed by atoms with Crippen LogP contribution >= 0.6 is 0 Å². The molecule has 0 saturated carbocycles. The third-order valence-corrected chi connectivity index (χ3v) is 4.39. The number of carbonyl (C=O) groups is 1. The molecule has 0 aliphatic heterocycles. The molecular formula is C17H18O6S. The van der Waals surface area contributed by atoms with Gasteiger partial charge in [0.25, 0.3) is 0 Å². The zero-order chi connectivity index (χ0) is 17.6. The van der Waals surface area contributed by atoms with Crippen molar-refractivity contribution >= 4 is 16.1 Å². The minimum absolute atomic E-state index is 0.0320. The smallest absolute Gasteiger partial charge is 0.339 e. The van der Waals surface area contributed by atoms with Gasteiger partial charge in [0.05, 0.1) is 20.1 Å². The number of hydrogen-bond acceptors (Lipinski definition) is 6. The minimum atomic E-state index is -3.93. The molecule has 2 aromatic rings.